The number of nitrogens with zero attached hydrogens (tertiary/aromatic N) is 1. The van der Waals surface area contributed by atoms with Gasteiger partial charge in [0.2, 0.25) is 5.91 Å². The molecule has 1 aliphatic rings. The van der Waals surface area contributed by atoms with Gasteiger partial charge in [0, 0.05) is 23.0 Å². The van der Waals surface area contributed by atoms with Crippen LogP contribution in [0.5, 0.6) is 0 Å². The first-order valence-electron chi connectivity index (χ1n) is 6.45. The lowest BCUT2D eigenvalue weighted by molar-refractivity contribution is -0.148. The number of carboxylic acid groups (broad SMARTS) is 1. The van der Waals surface area contributed by atoms with Crippen molar-refractivity contribution < 1.29 is 14.7 Å². The fourth-order valence-electron chi connectivity index (χ4n) is 2.43. The number of halogens is 2. The van der Waals surface area contributed by atoms with Crippen molar-refractivity contribution >= 4 is 35.1 Å². The first-order chi connectivity index (χ1) is 9.49. The Kier molecular flexibility index (Phi) is 4.89. The number of carbonyl (C=O) groups is 2. The smallest absolute Gasteiger partial charge is 0.326 e. The molecule has 1 atom stereocenters. The van der Waals surface area contributed by atoms with Gasteiger partial charge >= 0.3 is 5.97 Å². The zero-order valence-corrected chi connectivity index (χ0v) is 12.3. The number of benzene rings is 1. The van der Waals surface area contributed by atoms with E-state index in [9.17, 15) is 9.59 Å². The van der Waals surface area contributed by atoms with E-state index >= 15 is 0 Å². The fraction of sp³-hybridized carbons (Fsp3) is 0.429. The molecule has 2 rings (SSSR count). The number of hydrogen-bond donors (Lipinski definition) is 1. The Hall–Kier alpha value is -1.26. The highest BCUT2D eigenvalue weighted by Crippen LogP contribution is 2.23. The summed E-state index contributed by atoms with van der Waals surface area (Å²) in [5.41, 5.74) is 0.843. The monoisotopic (exact) mass is 315 g/mol. The van der Waals surface area contributed by atoms with Gasteiger partial charge in [-0.2, -0.15) is 0 Å². The van der Waals surface area contributed by atoms with Gasteiger partial charge in [0.25, 0.3) is 0 Å². The Morgan fingerprint density at radius 1 is 1.35 bits per heavy atom. The molecule has 1 aromatic carbocycles. The highest BCUT2D eigenvalue weighted by molar-refractivity contribution is 6.35. The SMILES string of the molecule is O=C(O)[C@@H]1CCCN1C(=O)CCc1ccc(Cl)cc1Cl. The van der Waals surface area contributed by atoms with Crippen molar-refractivity contribution in [3.63, 3.8) is 0 Å². The van der Waals surface area contributed by atoms with E-state index in [4.69, 9.17) is 28.3 Å². The van der Waals surface area contributed by atoms with Crippen molar-refractivity contribution in [3.05, 3.63) is 33.8 Å². The van der Waals surface area contributed by atoms with Crippen molar-refractivity contribution in [2.75, 3.05) is 6.54 Å². The number of hydrogen-bond acceptors (Lipinski definition) is 2. The highest BCUT2D eigenvalue weighted by atomic mass is 35.5. The van der Waals surface area contributed by atoms with Crippen LogP contribution >= 0.6 is 23.2 Å². The molecule has 108 valence electrons. The maximum atomic E-state index is 12.1. The number of aryl methyl sites for hydroxylation is 1. The standard InChI is InChI=1S/C14H15Cl2NO3/c15-10-5-3-9(11(16)8-10)4-6-13(18)17-7-1-2-12(17)14(19)20/h3,5,8,12H,1-2,4,6-7H2,(H,19,20)/t12-/m0/s1. The number of carbonyl (C=O) groups excluding carboxylic acids is 1. The summed E-state index contributed by atoms with van der Waals surface area (Å²) >= 11 is 11.9. The molecular weight excluding hydrogens is 301 g/mol. The zero-order chi connectivity index (χ0) is 14.7. The van der Waals surface area contributed by atoms with E-state index < -0.39 is 12.0 Å². The minimum atomic E-state index is -0.930. The molecule has 0 radical (unpaired) electrons. The molecule has 1 saturated heterocycles. The molecule has 1 aliphatic heterocycles. The lowest BCUT2D eigenvalue weighted by atomic mass is 10.1. The molecule has 0 aromatic heterocycles. The van der Waals surface area contributed by atoms with Gasteiger partial charge < -0.3 is 10.0 Å². The quantitative estimate of drug-likeness (QED) is 0.929. The molecule has 6 heteroatoms. The maximum absolute atomic E-state index is 12.1. The molecule has 1 aromatic rings. The van der Waals surface area contributed by atoms with Crippen LogP contribution in [0, 0.1) is 0 Å². The fourth-order valence-corrected chi connectivity index (χ4v) is 2.93. The van der Waals surface area contributed by atoms with Gasteiger partial charge in [0.15, 0.2) is 0 Å². The lowest BCUT2D eigenvalue weighted by Gasteiger charge is -2.21. The predicted molar refractivity (Wildman–Crippen MR) is 77.2 cm³/mol. The van der Waals surface area contributed by atoms with Gasteiger partial charge in [0.1, 0.15) is 6.04 Å². The Bertz CT molecular complexity index is 533. The van der Waals surface area contributed by atoms with Crippen LogP contribution in [0.3, 0.4) is 0 Å². The summed E-state index contributed by atoms with van der Waals surface area (Å²) in [6, 6.07) is 4.47. The van der Waals surface area contributed by atoms with Crippen molar-refractivity contribution in [2.45, 2.75) is 31.7 Å². The van der Waals surface area contributed by atoms with E-state index in [2.05, 4.69) is 0 Å². The number of carboxylic acids is 1. The van der Waals surface area contributed by atoms with Gasteiger partial charge in [-0.05, 0) is 37.0 Å². The second kappa shape index (κ2) is 6.46. The first-order valence-corrected chi connectivity index (χ1v) is 7.21. The van der Waals surface area contributed by atoms with Crippen molar-refractivity contribution in [2.24, 2.45) is 0 Å². The van der Waals surface area contributed by atoms with Gasteiger partial charge in [-0.1, -0.05) is 29.3 Å². The zero-order valence-electron chi connectivity index (χ0n) is 10.8. The number of rotatable bonds is 4. The average Bonchev–Trinajstić information content (AvgIpc) is 2.86. The third kappa shape index (κ3) is 3.44. The summed E-state index contributed by atoms with van der Waals surface area (Å²) in [6.07, 6.45) is 2.01. The average molecular weight is 316 g/mol. The van der Waals surface area contributed by atoms with E-state index in [1.54, 1.807) is 18.2 Å². The Balaban J connectivity index is 1.96. The van der Waals surface area contributed by atoms with E-state index in [0.29, 0.717) is 29.4 Å². The second-order valence-corrected chi connectivity index (χ2v) is 5.66. The normalized spacial score (nSPS) is 18.3. The van der Waals surface area contributed by atoms with Crippen LogP contribution < -0.4 is 0 Å². The van der Waals surface area contributed by atoms with Crippen LogP contribution in [0.4, 0.5) is 0 Å². The van der Waals surface area contributed by atoms with E-state index in [1.807, 2.05) is 0 Å². The summed E-state index contributed by atoms with van der Waals surface area (Å²) in [7, 11) is 0. The van der Waals surface area contributed by atoms with Crippen LogP contribution in [0.2, 0.25) is 10.0 Å². The minimum Gasteiger partial charge on any atom is -0.480 e. The van der Waals surface area contributed by atoms with Crippen LogP contribution in [0.25, 0.3) is 0 Å². The number of amides is 1. The van der Waals surface area contributed by atoms with Crippen LogP contribution in [0.1, 0.15) is 24.8 Å². The molecule has 1 N–H and O–H groups in total. The Labute approximate surface area is 127 Å². The van der Waals surface area contributed by atoms with E-state index in [0.717, 1.165) is 12.0 Å². The molecule has 20 heavy (non-hydrogen) atoms. The predicted octanol–water partition coefficient (Wildman–Crippen LogP) is 3.00. The topological polar surface area (TPSA) is 57.6 Å². The molecule has 0 unspecified atom stereocenters. The highest BCUT2D eigenvalue weighted by Gasteiger charge is 2.33. The molecule has 0 bridgehead atoms. The third-order valence-corrected chi connectivity index (χ3v) is 4.07. The molecule has 0 saturated carbocycles. The maximum Gasteiger partial charge on any atom is 0.326 e. The molecule has 0 spiro atoms. The Morgan fingerprint density at radius 2 is 2.10 bits per heavy atom. The molecule has 1 amide bonds. The minimum absolute atomic E-state index is 0.138. The first kappa shape index (κ1) is 15.1. The second-order valence-electron chi connectivity index (χ2n) is 4.82. The van der Waals surface area contributed by atoms with E-state index in [-0.39, 0.29) is 12.3 Å². The van der Waals surface area contributed by atoms with Crippen molar-refractivity contribution in [1.82, 2.24) is 4.90 Å². The molecule has 1 fully saturated rings. The summed E-state index contributed by atoms with van der Waals surface area (Å²) in [6.45, 7) is 0.518. The van der Waals surface area contributed by atoms with Crippen LogP contribution in [-0.4, -0.2) is 34.5 Å². The summed E-state index contributed by atoms with van der Waals surface area (Å²) in [5, 5.41) is 10.1. The molecule has 1 heterocycles. The largest absolute Gasteiger partial charge is 0.480 e. The Morgan fingerprint density at radius 3 is 2.75 bits per heavy atom. The van der Waals surface area contributed by atoms with Crippen LogP contribution in [0.15, 0.2) is 18.2 Å². The van der Waals surface area contributed by atoms with Gasteiger partial charge in [0.05, 0.1) is 0 Å². The van der Waals surface area contributed by atoms with Gasteiger partial charge in [-0.3, -0.25) is 4.79 Å². The van der Waals surface area contributed by atoms with E-state index in [1.165, 1.54) is 4.90 Å². The lowest BCUT2D eigenvalue weighted by Crippen LogP contribution is -2.40. The number of likely N-dealkylation sites (tertiary alicyclic amines) is 1. The van der Waals surface area contributed by atoms with Crippen molar-refractivity contribution in [1.29, 1.82) is 0 Å². The summed E-state index contributed by atoms with van der Waals surface area (Å²) < 4.78 is 0. The number of aliphatic carboxylic acids is 1. The summed E-state index contributed by atoms with van der Waals surface area (Å²) in [4.78, 5) is 24.6. The molecule has 0 aliphatic carbocycles. The van der Waals surface area contributed by atoms with Crippen LogP contribution in [-0.2, 0) is 16.0 Å². The van der Waals surface area contributed by atoms with Gasteiger partial charge in [-0.25, -0.2) is 4.79 Å². The molecule has 4 nitrogen and oxygen atoms in total. The summed E-state index contributed by atoms with van der Waals surface area (Å²) in [5.74, 6) is -1.07. The van der Waals surface area contributed by atoms with Crippen molar-refractivity contribution in [3.8, 4) is 0 Å². The van der Waals surface area contributed by atoms with Gasteiger partial charge in [-0.15, -0.1) is 0 Å². The third-order valence-electron chi connectivity index (χ3n) is 3.48. The molecular formula is C14H15Cl2NO3.